The Bertz CT molecular complexity index is 302. The number of hydrogen-bond acceptors (Lipinski definition) is 4. The highest BCUT2D eigenvalue weighted by atomic mass is 32.2. The van der Waals surface area contributed by atoms with Gasteiger partial charge in [0.15, 0.2) is 0 Å². The van der Waals surface area contributed by atoms with Crippen LogP contribution in [-0.4, -0.2) is 43.9 Å². The Balaban J connectivity index is 1.68. The average Bonchev–Trinajstić information content (AvgIpc) is 3.02. The summed E-state index contributed by atoms with van der Waals surface area (Å²) in [5.41, 5.74) is 0. The van der Waals surface area contributed by atoms with Gasteiger partial charge in [-0.3, -0.25) is 0 Å². The molecule has 102 valence electrons. The molecule has 0 bridgehead atoms. The molecule has 0 amide bonds. The van der Waals surface area contributed by atoms with Gasteiger partial charge in [-0.25, -0.2) is 0 Å². The summed E-state index contributed by atoms with van der Waals surface area (Å²) in [7, 11) is 0. The summed E-state index contributed by atoms with van der Waals surface area (Å²) < 4.78 is 16.7. The lowest BCUT2D eigenvalue weighted by atomic mass is 10.4. The molecule has 2 rings (SSSR count). The monoisotopic (exact) mass is 270 g/mol. The van der Waals surface area contributed by atoms with Crippen molar-refractivity contribution in [3.8, 4) is 0 Å². The van der Waals surface area contributed by atoms with Crippen molar-refractivity contribution in [2.45, 2.75) is 38.6 Å². The van der Waals surface area contributed by atoms with Crippen LogP contribution >= 0.6 is 11.8 Å². The summed E-state index contributed by atoms with van der Waals surface area (Å²) in [6.45, 7) is 6.31. The van der Waals surface area contributed by atoms with Crippen LogP contribution in [0.1, 0.15) is 20.3 Å². The third kappa shape index (κ3) is 5.57. The Morgan fingerprint density at radius 2 is 2.28 bits per heavy atom. The second kappa shape index (κ2) is 7.34. The maximum Gasteiger partial charge on any atom is 0.104 e. The van der Waals surface area contributed by atoms with E-state index in [-0.39, 0.29) is 12.2 Å². The first kappa shape index (κ1) is 14.1. The molecule has 0 aromatic rings. The van der Waals surface area contributed by atoms with E-state index in [2.05, 4.69) is 32.1 Å². The fraction of sp³-hybridized carbons (Fsp3) is 0.714. The lowest BCUT2D eigenvalue weighted by Gasteiger charge is -2.18. The molecule has 1 saturated heterocycles. The molecule has 1 aliphatic carbocycles. The van der Waals surface area contributed by atoms with Gasteiger partial charge >= 0.3 is 0 Å². The molecule has 2 aliphatic rings. The van der Waals surface area contributed by atoms with Crippen LogP contribution in [0.5, 0.6) is 0 Å². The van der Waals surface area contributed by atoms with E-state index in [0.717, 1.165) is 18.8 Å². The Hall–Kier alpha value is -0.290. The van der Waals surface area contributed by atoms with Crippen LogP contribution < -0.4 is 0 Å². The maximum atomic E-state index is 5.85. The molecule has 1 fully saturated rings. The molecule has 3 nitrogen and oxygen atoms in total. The molecular weight excluding hydrogens is 248 g/mol. The molecule has 0 N–H and O–H groups in total. The van der Waals surface area contributed by atoms with Gasteiger partial charge < -0.3 is 14.2 Å². The summed E-state index contributed by atoms with van der Waals surface area (Å²) in [5, 5.41) is 0. The first-order chi connectivity index (χ1) is 8.74. The van der Waals surface area contributed by atoms with Gasteiger partial charge in [-0.2, -0.15) is 0 Å². The van der Waals surface area contributed by atoms with Gasteiger partial charge in [-0.1, -0.05) is 18.2 Å². The van der Waals surface area contributed by atoms with Gasteiger partial charge in [-0.05, 0) is 20.3 Å². The normalized spacial score (nSPS) is 23.5. The number of allylic oxidation sites excluding steroid dienone is 3. The van der Waals surface area contributed by atoms with Crippen molar-refractivity contribution in [2.75, 3.05) is 25.6 Å². The summed E-state index contributed by atoms with van der Waals surface area (Å²) in [4.78, 5) is 1.34. The number of epoxide rings is 1. The molecule has 0 aromatic heterocycles. The van der Waals surface area contributed by atoms with Gasteiger partial charge in [0.2, 0.25) is 0 Å². The molecule has 0 radical (unpaired) electrons. The standard InChI is InChI=1S/C14H22O3S/c1-11(2)15-9-13(17-8-12-7-16-12)10-18-14-5-3-4-6-14/h3,5-6,11-13H,4,7-10H2,1-2H3. The number of ether oxygens (including phenoxy) is 3. The summed E-state index contributed by atoms with van der Waals surface area (Å²) >= 11 is 1.84. The molecular formula is C14H22O3S. The van der Waals surface area contributed by atoms with Crippen molar-refractivity contribution in [1.82, 2.24) is 0 Å². The van der Waals surface area contributed by atoms with E-state index in [0.29, 0.717) is 19.3 Å². The van der Waals surface area contributed by atoms with Gasteiger partial charge in [0.05, 0.1) is 32.0 Å². The highest BCUT2D eigenvalue weighted by Crippen LogP contribution is 2.24. The fourth-order valence-corrected chi connectivity index (χ4v) is 2.56. The van der Waals surface area contributed by atoms with Crippen molar-refractivity contribution in [1.29, 1.82) is 0 Å². The summed E-state index contributed by atoms with van der Waals surface area (Å²) in [6.07, 6.45) is 8.39. The van der Waals surface area contributed by atoms with Crippen LogP contribution in [0.15, 0.2) is 23.1 Å². The Morgan fingerprint density at radius 3 is 2.89 bits per heavy atom. The predicted octanol–water partition coefficient (Wildman–Crippen LogP) is 2.77. The van der Waals surface area contributed by atoms with Crippen molar-refractivity contribution in [3.63, 3.8) is 0 Å². The van der Waals surface area contributed by atoms with Crippen molar-refractivity contribution >= 4 is 11.8 Å². The molecule has 0 aromatic carbocycles. The third-order valence-electron chi connectivity index (χ3n) is 2.71. The zero-order valence-electron chi connectivity index (χ0n) is 11.1. The van der Waals surface area contributed by atoms with Gasteiger partial charge in [0.25, 0.3) is 0 Å². The molecule has 18 heavy (non-hydrogen) atoms. The predicted molar refractivity (Wildman–Crippen MR) is 74.9 cm³/mol. The maximum absolute atomic E-state index is 5.85. The van der Waals surface area contributed by atoms with Gasteiger partial charge in [0, 0.05) is 10.7 Å². The van der Waals surface area contributed by atoms with Crippen LogP contribution in [0.25, 0.3) is 0 Å². The first-order valence-electron chi connectivity index (χ1n) is 6.58. The second-order valence-corrected chi connectivity index (χ2v) is 5.94. The fourth-order valence-electron chi connectivity index (χ4n) is 1.58. The molecule has 4 heteroatoms. The zero-order valence-corrected chi connectivity index (χ0v) is 11.9. The van der Waals surface area contributed by atoms with Crippen LogP contribution in [-0.2, 0) is 14.2 Å². The van der Waals surface area contributed by atoms with Crippen LogP contribution in [0, 0.1) is 0 Å². The van der Waals surface area contributed by atoms with Crippen LogP contribution in [0.2, 0.25) is 0 Å². The Labute approximate surface area is 114 Å². The summed E-state index contributed by atoms with van der Waals surface area (Å²) in [5.74, 6) is 0.940. The minimum absolute atomic E-state index is 0.150. The largest absolute Gasteiger partial charge is 0.376 e. The van der Waals surface area contributed by atoms with E-state index in [1.807, 2.05) is 11.8 Å². The van der Waals surface area contributed by atoms with E-state index in [9.17, 15) is 0 Å². The average molecular weight is 270 g/mol. The lowest BCUT2D eigenvalue weighted by Crippen LogP contribution is -2.26. The second-order valence-electron chi connectivity index (χ2n) is 4.85. The smallest absolute Gasteiger partial charge is 0.104 e. The van der Waals surface area contributed by atoms with E-state index in [1.165, 1.54) is 4.91 Å². The van der Waals surface area contributed by atoms with Crippen molar-refractivity contribution in [2.24, 2.45) is 0 Å². The van der Waals surface area contributed by atoms with Gasteiger partial charge in [-0.15, -0.1) is 11.8 Å². The summed E-state index contributed by atoms with van der Waals surface area (Å²) in [6, 6.07) is 0. The first-order valence-corrected chi connectivity index (χ1v) is 7.57. The molecule has 1 aliphatic heterocycles. The SMILES string of the molecule is CC(C)OCC(CSC1=CCC=C1)OCC1CO1. The Morgan fingerprint density at radius 1 is 1.44 bits per heavy atom. The van der Waals surface area contributed by atoms with Gasteiger partial charge in [0.1, 0.15) is 6.10 Å². The van der Waals surface area contributed by atoms with E-state index in [4.69, 9.17) is 14.2 Å². The highest BCUT2D eigenvalue weighted by molar-refractivity contribution is 8.03. The third-order valence-corrected chi connectivity index (χ3v) is 3.88. The van der Waals surface area contributed by atoms with E-state index < -0.39 is 0 Å². The minimum Gasteiger partial charge on any atom is -0.376 e. The number of thioether (sulfide) groups is 1. The number of rotatable bonds is 9. The molecule has 0 spiro atoms. The van der Waals surface area contributed by atoms with E-state index >= 15 is 0 Å². The minimum atomic E-state index is 0.150. The van der Waals surface area contributed by atoms with Crippen molar-refractivity contribution < 1.29 is 14.2 Å². The van der Waals surface area contributed by atoms with E-state index in [1.54, 1.807) is 0 Å². The van der Waals surface area contributed by atoms with Crippen molar-refractivity contribution in [3.05, 3.63) is 23.1 Å². The van der Waals surface area contributed by atoms with Crippen LogP contribution in [0.4, 0.5) is 0 Å². The van der Waals surface area contributed by atoms with Crippen LogP contribution in [0.3, 0.4) is 0 Å². The molecule has 0 saturated carbocycles. The lowest BCUT2D eigenvalue weighted by molar-refractivity contribution is -0.0278. The molecule has 1 heterocycles. The number of hydrogen-bond donors (Lipinski definition) is 0. The molecule has 2 unspecified atom stereocenters. The zero-order chi connectivity index (χ0) is 12.8. The molecule has 2 atom stereocenters. The highest BCUT2D eigenvalue weighted by Gasteiger charge is 2.24. The Kier molecular flexibility index (Phi) is 5.76. The quantitative estimate of drug-likeness (QED) is 0.603. The topological polar surface area (TPSA) is 31.0 Å².